The summed E-state index contributed by atoms with van der Waals surface area (Å²) in [6.45, 7) is 12.5. The lowest BCUT2D eigenvalue weighted by atomic mass is 10.0. The van der Waals surface area contributed by atoms with E-state index in [0.717, 1.165) is 12.8 Å². The summed E-state index contributed by atoms with van der Waals surface area (Å²) in [5.74, 6) is 0.197. The molecule has 1 aromatic rings. The molecule has 0 aromatic heterocycles. The minimum Gasteiger partial charge on any atom is -0.462 e. The minimum atomic E-state index is -1.69. The van der Waals surface area contributed by atoms with Crippen molar-refractivity contribution in [3.8, 4) is 0 Å². The Kier molecular flexibility index (Phi) is 4.86. The molecule has 2 rings (SSSR count). The largest absolute Gasteiger partial charge is 0.462 e. The Morgan fingerprint density at radius 2 is 2.00 bits per heavy atom. The first-order chi connectivity index (χ1) is 9.43. The van der Waals surface area contributed by atoms with E-state index in [1.165, 1.54) is 18.6 Å². The molecule has 0 heterocycles. The molecule has 0 amide bonds. The van der Waals surface area contributed by atoms with Crippen LogP contribution in [0.3, 0.4) is 0 Å². The average Bonchev–Trinajstić information content (AvgIpc) is 2.89. The molecule has 2 radical (unpaired) electrons. The van der Waals surface area contributed by atoms with Gasteiger partial charge in [-0.3, -0.25) is 4.79 Å². The molecule has 0 N–H and O–H groups in total. The van der Waals surface area contributed by atoms with Crippen LogP contribution in [0, 0.1) is 12.6 Å². The quantitative estimate of drug-likeness (QED) is 0.624. The van der Waals surface area contributed by atoms with E-state index < -0.39 is 7.26 Å². The lowest BCUT2D eigenvalue weighted by Gasteiger charge is -2.31. The van der Waals surface area contributed by atoms with Crippen molar-refractivity contribution in [1.82, 2.24) is 0 Å². The summed E-state index contributed by atoms with van der Waals surface area (Å²) < 4.78 is 5.42. The Labute approximate surface area is 123 Å². The fourth-order valence-electron chi connectivity index (χ4n) is 3.47. The molecule has 0 saturated heterocycles. The molecule has 4 atom stereocenters. The van der Waals surface area contributed by atoms with Crippen LogP contribution in [-0.2, 0) is 9.53 Å². The van der Waals surface area contributed by atoms with Crippen molar-refractivity contribution >= 4 is 18.5 Å². The number of carbonyl (C=O) groups is 1. The number of rotatable bonds is 4. The lowest BCUT2D eigenvalue weighted by molar-refractivity contribution is -0.147. The van der Waals surface area contributed by atoms with Crippen LogP contribution < -0.4 is 5.30 Å². The molecule has 0 spiro atoms. The number of carbonyl (C=O) groups excluding carboxylic acids is 1. The van der Waals surface area contributed by atoms with E-state index in [9.17, 15) is 4.79 Å². The summed E-state index contributed by atoms with van der Waals surface area (Å²) in [7, 11) is -1.69. The van der Waals surface area contributed by atoms with Gasteiger partial charge < -0.3 is 4.74 Å². The van der Waals surface area contributed by atoms with Crippen molar-refractivity contribution < 1.29 is 9.53 Å². The second-order valence-corrected chi connectivity index (χ2v) is 9.43. The second kappa shape index (κ2) is 6.26. The molecule has 3 heteroatoms. The summed E-state index contributed by atoms with van der Waals surface area (Å²) in [5, 5.41) is 1.27. The van der Waals surface area contributed by atoms with Crippen LogP contribution in [0.2, 0.25) is 0 Å². The van der Waals surface area contributed by atoms with Gasteiger partial charge >= 0.3 is 5.97 Å². The zero-order chi connectivity index (χ0) is 14.8. The Hall–Kier alpha value is -0.880. The molecule has 3 unspecified atom stereocenters. The lowest BCUT2D eigenvalue weighted by Crippen LogP contribution is -2.32. The molecular weight excluding hydrogens is 267 g/mol. The van der Waals surface area contributed by atoms with Gasteiger partial charge in [-0.2, -0.15) is 0 Å². The summed E-state index contributed by atoms with van der Waals surface area (Å²) >= 11 is 0. The number of ether oxygens (including phenoxy) is 1. The van der Waals surface area contributed by atoms with Crippen LogP contribution in [-0.4, -0.2) is 24.4 Å². The molecule has 20 heavy (non-hydrogen) atoms. The van der Waals surface area contributed by atoms with Gasteiger partial charge in [-0.15, -0.1) is 0 Å². The normalized spacial score (nSPS) is 24.4. The number of hydrogen-bond acceptors (Lipinski definition) is 2. The third kappa shape index (κ3) is 3.23. The van der Waals surface area contributed by atoms with E-state index in [1.807, 2.05) is 13.0 Å². The van der Waals surface area contributed by atoms with Gasteiger partial charge in [-0.1, -0.05) is 18.2 Å². The van der Waals surface area contributed by atoms with Crippen molar-refractivity contribution in [2.45, 2.75) is 44.9 Å². The summed E-state index contributed by atoms with van der Waals surface area (Å²) in [4.78, 5) is 11.2. The fraction of sp³-hybridized carbons (Fsp3) is 0.529. The minimum absolute atomic E-state index is 0.0356. The van der Waals surface area contributed by atoms with Crippen molar-refractivity contribution in [3.63, 3.8) is 0 Å². The number of benzene rings is 1. The molecule has 0 aliphatic heterocycles. The fourth-order valence-corrected chi connectivity index (χ4v) is 6.58. The summed E-state index contributed by atoms with van der Waals surface area (Å²) in [6, 6.07) is 10.4. The van der Waals surface area contributed by atoms with Crippen LogP contribution in [0.15, 0.2) is 30.3 Å². The zero-order valence-corrected chi connectivity index (χ0v) is 13.5. The predicted octanol–water partition coefficient (Wildman–Crippen LogP) is 3.75. The SMILES string of the molecule is [CH][P+](C)(c1ccccc1)C1CCCC1[C@@H](C)OC(C)=O. The highest BCUT2D eigenvalue weighted by Crippen LogP contribution is 2.63. The molecular formula is C17H24O2P+. The standard InChI is InChI=1S/C17H24O2P/c1-13(19-14(2)18)16-11-8-12-17(16)20(3,4)15-9-6-5-7-10-15/h3,5-7,9-10,13,16-17H,8,11-12H2,1-2,4H3/q+1/t13-,16?,17?,20?/m1/s1. The molecule has 1 fully saturated rings. The van der Waals surface area contributed by atoms with Crippen LogP contribution in [0.1, 0.15) is 33.1 Å². The first kappa shape index (κ1) is 15.5. The maximum absolute atomic E-state index is 11.2. The third-order valence-corrected chi connectivity index (χ3v) is 7.92. The first-order valence-electron chi connectivity index (χ1n) is 7.30. The Bertz CT molecular complexity index is 455. The summed E-state index contributed by atoms with van der Waals surface area (Å²) in [5.41, 5.74) is 0.458. The Balaban J connectivity index is 2.19. The molecule has 1 saturated carbocycles. The number of hydrogen-bond donors (Lipinski definition) is 0. The maximum Gasteiger partial charge on any atom is 0.302 e. The van der Waals surface area contributed by atoms with E-state index in [-0.39, 0.29) is 12.1 Å². The average molecular weight is 291 g/mol. The van der Waals surface area contributed by atoms with Gasteiger partial charge in [0.05, 0.1) is 24.9 Å². The summed E-state index contributed by atoms with van der Waals surface area (Å²) in [6.07, 6.45) is 3.40. The molecule has 108 valence electrons. The molecule has 0 bridgehead atoms. The van der Waals surface area contributed by atoms with Gasteiger partial charge in [-0.25, -0.2) is 0 Å². The molecule has 1 aliphatic carbocycles. The van der Waals surface area contributed by atoms with E-state index in [4.69, 9.17) is 11.4 Å². The van der Waals surface area contributed by atoms with Gasteiger partial charge in [0.2, 0.25) is 0 Å². The highest BCUT2D eigenvalue weighted by Gasteiger charge is 2.49. The highest BCUT2D eigenvalue weighted by atomic mass is 31.2. The zero-order valence-electron chi connectivity index (χ0n) is 12.6. The third-order valence-electron chi connectivity index (χ3n) is 4.49. The topological polar surface area (TPSA) is 26.3 Å². The van der Waals surface area contributed by atoms with Crippen molar-refractivity contribution in [3.05, 3.63) is 37.0 Å². The van der Waals surface area contributed by atoms with Crippen LogP contribution in [0.5, 0.6) is 0 Å². The monoisotopic (exact) mass is 291 g/mol. The Morgan fingerprint density at radius 3 is 2.60 bits per heavy atom. The van der Waals surface area contributed by atoms with Gasteiger partial charge in [0, 0.05) is 12.8 Å². The van der Waals surface area contributed by atoms with Gasteiger partial charge in [0.25, 0.3) is 0 Å². The van der Waals surface area contributed by atoms with E-state index in [1.54, 1.807) is 0 Å². The van der Waals surface area contributed by atoms with Crippen molar-refractivity contribution in [2.24, 2.45) is 5.92 Å². The highest BCUT2D eigenvalue weighted by molar-refractivity contribution is 7.84. The van der Waals surface area contributed by atoms with Crippen molar-refractivity contribution in [1.29, 1.82) is 0 Å². The van der Waals surface area contributed by atoms with Gasteiger partial charge in [-0.05, 0) is 38.3 Å². The van der Waals surface area contributed by atoms with Crippen LogP contribution in [0.25, 0.3) is 0 Å². The molecule has 1 aromatic carbocycles. The van der Waals surface area contributed by atoms with Gasteiger partial charge in [0.15, 0.2) is 6.66 Å². The van der Waals surface area contributed by atoms with E-state index in [0.29, 0.717) is 11.6 Å². The number of esters is 1. The molecule has 1 aliphatic rings. The Morgan fingerprint density at radius 1 is 1.35 bits per heavy atom. The predicted molar refractivity (Wildman–Crippen MR) is 85.6 cm³/mol. The van der Waals surface area contributed by atoms with Crippen molar-refractivity contribution in [2.75, 3.05) is 6.66 Å². The maximum atomic E-state index is 11.2. The van der Waals surface area contributed by atoms with E-state index >= 15 is 0 Å². The van der Waals surface area contributed by atoms with E-state index in [2.05, 4.69) is 30.9 Å². The molecule has 2 nitrogen and oxygen atoms in total. The van der Waals surface area contributed by atoms with Gasteiger partial charge in [0.1, 0.15) is 6.10 Å². The van der Waals surface area contributed by atoms with Crippen LogP contribution in [0.4, 0.5) is 0 Å². The van der Waals surface area contributed by atoms with Crippen LogP contribution >= 0.6 is 7.26 Å². The first-order valence-corrected chi connectivity index (χ1v) is 9.68. The second-order valence-electron chi connectivity index (χ2n) is 5.96. The smallest absolute Gasteiger partial charge is 0.302 e.